The van der Waals surface area contributed by atoms with Crippen molar-refractivity contribution in [2.45, 2.75) is 12.8 Å². The van der Waals surface area contributed by atoms with Crippen LogP contribution in [0.4, 0.5) is 5.82 Å². The Kier molecular flexibility index (Phi) is 4.60. The van der Waals surface area contributed by atoms with Crippen LogP contribution in [-0.2, 0) is 4.74 Å². The fourth-order valence-corrected chi connectivity index (χ4v) is 2.42. The van der Waals surface area contributed by atoms with Crippen molar-refractivity contribution in [1.82, 2.24) is 4.98 Å². The fraction of sp³-hybridized carbons (Fsp3) is 0.583. The number of rotatable bonds is 5. The van der Waals surface area contributed by atoms with Crippen molar-refractivity contribution in [3.05, 3.63) is 28.4 Å². The summed E-state index contributed by atoms with van der Waals surface area (Å²) in [4.78, 5) is 14.0. The van der Waals surface area contributed by atoms with Gasteiger partial charge in [-0.1, -0.05) is 0 Å². The zero-order valence-corrected chi connectivity index (χ0v) is 11.3. The van der Waals surface area contributed by atoms with E-state index in [1.807, 2.05) is 0 Å². The standard InChI is InChI=1S/C12H16N2O4S/c15-14(16)11-10(2-1-5-13-11)18-8-12(9-19)3-6-17-7-4-12/h1-2,5,19H,3-4,6-9H2. The lowest BCUT2D eigenvalue weighted by molar-refractivity contribution is -0.390. The molecule has 0 unspecified atom stereocenters. The van der Waals surface area contributed by atoms with Gasteiger partial charge in [0.2, 0.25) is 5.75 Å². The molecular weight excluding hydrogens is 268 g/mol. The van der Waals surface area contributed by atoms with Gasteiger partial charge < -0.3 is 19.6 Å². The van der Waals surface area contributed by atoms with Crippen LogP contribution in [0.2, 0.25) is 0 Å². The van der Waals surface area contributed by atoms with Crippen LogP contribution in [0.3, 0.4) is 0 Å². The third kappa shape index (κ3) is 3.36. The van der Waals surface area contributed by atoms with Crippen molar-refractivity contribution in [1.29, 1.82) is 0 Å². The summed E-state index contributed by atoms with van der Waals surface area (Å²) in [5.74, 6) is 0.633. The monoisotopic (exact) mass is 284 g/mol. The van der Waals surface area contributed by atoms with Crippen molar-refractivity contribution < 1.29 is 14.4 Å². The van der Waals surface area contributed by atoms with Crippen LogP contribution < -0.4 is 4.74 Å². The highest BCUT2D eigenvalue weighted by Gasteiger charge is 2.33. The first-order valence-corrected chi connectivity index (χ1v) is 6.71. The SMILES string of the molecule is O=[N+]([O-])c1ncccc1OCC1(CS)CCOCC1. The molecule has 104 valence electrons. The van der Waals surface area contributed by atoms with Gasteiger partial charge in [-0.3, -0.25) is 0 Å². The van der Waals surface area contributed by atoms with E-state index >= 15 is 0 Å². The largest absolute Gasteiger partial charge is 0.485 e. The summed E-state index contributed by atoms with van der Waals surface area (Å²) in [6, 6.07) is 3.19. The van der Waals surface area contributed by atoms with Crippen LogP contribution in [0.25, 0.3) is 0 Å². The number of aromatic nitrogens is 1. The molecule has 0 radical (unpaired) electrons. The van der Waals surface area contributed by atoms with Crippen LogP contribution in [0.15, 0.2) is 18.3 Å². The Morgan fingerprint density at radius 3 is 2.89 bits per heavy atom. The molecule has 6 nitrogen and oxygen atoms in total. The lowest BCUT2D eigenvalue weighted by Gasteiger charge is -2.35. The Morgan fingerprint density at radius 2 is 2.26 bits per heavy atom. The van der Waals surface area contributed by atoms with Gasteiger partial charge in [-0.05, 0) is 40.6 Å². The van der Waals surface area contributed by atoms with Gasteiger partial charge in [-0.2, -0.15) is 12.6 Å². The molecule has 1 aromatic rings. The van der Waals surface area contributed by atoms with Gasteiger partial charge in [0.25, 0.3) is 0 Å². The Balaban J connectivity index is 2.07. The molecule has 0 aromatic carbocycles. The van der Waals surface area contributed by atoms with Gasteiger partial charge in [0.1, 0.15) is 6.20 Å². The number of ether oxygens (including phenoxy) is 2. The summed E-state index contributed by atoms with van der Waals surface area (Å²) >= 11 is 4.38. The predicted molar refractivity (Wildman–Crippen MR) is 72.7 cm³/mol. The van der Waals surface area contributed by atoms with Crippen molar-refractivity contribution in [2.24, 2.45) is 5.41 Å². The highest BCUT2D eigenvalue weighted by atomic mass is 32.1. The zero-order chi connectivity index (χ0) is 13.7. The molecule has 0 spiro atoms. The fourth-order valence-electron chi connectivity index (χ4n) is 2.02. The van der Waals surface area contributed by atoms with E-state index in [0.717, 1.165) is 12.8 Å². The average Bonchev–Trinajstić information content (AvgIpc) is 2.46. The maximum Gasteiger partial charge on any atom is 0.406 e. The van der Waals surface area contributed by atoms with Crippen molar-refractivity contribution in [2.75, 3.05) is 25.6 Å². The molecule has 2 heterocycles. The second-order valence-corrected chi connectivity index (χ2v) is 4.96. The summed E-state index contributed by atoms with van der Waals surface area (Å²) in [6.07, 6.45) is 3.09. The normalized spacial score (nSPS) is 17.9. The lowest BCUT2D eigenvalue weighted by atomic mass is 9.83. The van der Waals surface area contributed by atoms with Crippen LogP contribution in [0.1, 0.15) is 12.8 Å². The van der Waals surface area contributed by atoms with Gasteiger partial charge in [-0.25, -0.2) is 0 Å². The molecule has 1 aromatic heterocycles. The van der Waals surface area contributed by atoms with E-state index in [2.05, 4.69) is 17.6 Å². The smallest absolute Gasteiger partial charge is 0.406 e. The number of nitrogens with zero attached hydrogens (tertiary/aromatic N) is 2. The van der Waals surface area contributed by atoms with Crippen LogP contribution >= 0.6 is 12.6 Å². The maximum absolute atomic E-state index is 10.9. The molecule has 1 aliphatic rings. The summed E-state index contributed by atoms with van der Waals surface area (Å²) < 4.78 is 11.0. The van der Waals surface area contributed by atoms with E-state index in [4.69, 9.17) is 9.47 Å². The van der Waals surface area contributed by atoms with Crippen molar-refractivity contribution >= 4 is 18.4 Å². The molecule has 1 fully saturated rings. The Morgan fingerprint density at radius 1 is 1.53 bits per heavy atom. The first-order valence-electron chi connectivity index (χ1n) is 6.08. The van der Waals surface area contributed by atoms with Gasteiger partial charge in [0.15, 0.2) is 0 Å². The van der Waals surface area contributed by atoms with E-state index < -0.39 is 4.92 Å². The lowest BCUT2D eigenvalue weighted by Crippen LogP contribution is -2.37. The molecule has 19 heavy (non-hydrogen) atoms. The predicted octanol–water partition coefficient (Wildman–Crippen LogP) is 2.10. The van der Waals surface area contributed by atoms with Gasteiger partial charge in [0, 0.05) is 18.6 Å². The number of hydrogen-bond donors (Lipinski definition) is 1. The molecule has 0 atom stereocenters. The Labute approximate surface area is 116 Å². The van der Waals surface area contributed by atoms with Crippen LogP contribution in [-0.4, -0.2) is 35.5 Å². The third-order valence-corrected chi connectivity index (χ3v) is 4.02. The second-order valence-electron chi connectivity index (χ2n) is 4.64. The van der Waals surface area contributed by atoms with Crippen LogP contribution in [0, 0.1) is 15.5 Å². The number of pyridine rings is 1. The Hall–Kier alpha value is -1.34. The van der Waals surface area contributed by atoms with E-state index in [1.54, 1.807) is 12.1 Å². The van der Waals surface area contributed by atoms with Crippen LogP contribution in [0.5, 0.6) is 5.75 Å². The first kappa shape index (κ1) is 14.1. The van der Waals surface area contributed by atoms with E-state index in [0.29, 0.717) is 25.6 Å². The van der Waals surface area contributed by atoms with Gasteiger partial charge in [-0.15, -0.1) is 0 Å². The molecule has 0 saturated carbocycles. The molecule has 0 bridgehead atoms. The van der Waals surface area contributed by atoms with Crippen molar-refractivity contribution in [3.8, 4) is 5.75 Å². The molecule has 0 N–H and O–H groups in total. The highest BCUT2D eigenvalue weighted by molar-refractivity contribution is 7.80. The molecule has 0 amide bonds. The zero-order valence-electron chi connectivity index (χ0n) is 10.4. The van der Waals surface area contributed by atoms with Gasteiger partial charge in [0.05, 0.1) is 6.61 Å². The summed E-state index contributed by atoms with van der Waals surface area (Å²) in [6.45, 7) is 1.75. The van der Waals surface area contributed by atoms with Gasteiger partial charge >= 0.3 is 5.82 Å². The number of nitro groups is 1. The van der Waals surface area contributed by atoms with E-state index in [1.165, 1.54) is 6.20 Å². The van der Waals surface area contributed by atoms with Crippen molar-refractivity contribution in [3.63, 3.8) is 0 Å². The molecule has 2 rings (SSSR count). The number of hydrogen-bond acceptors (Lipinski definition) is 6. The topological polar surface area (TPSA) is 74.5 Å². The Bertz CT molecular complexity index is 449. The highest BCUT2D eigenvalue weighted by Crippen LogP contribution is 2.33. The maximum atomic E-state index is 10.9. The average molecular weight is 284 g/mol. The minimum atomic E-state index is -0.535. The molecular formula is C12H16N2O4S. The van der Waals surface area contributed by atoms with E-state index in [9.17, 15) is 10.1 Å². The quantitative estimate of drug-likeness (QED) is 0.509. The first-order chi connectivity index (χ1) is 9.17. The third-order valence-electron chi connectivity index (χ3n) is 3.35. The number of thiol groups is 1. The molecule has 1 saturated heterocycles. The molecule has 1 aliphatic heterocycles. The summed E-state index contributed by atoms with van der Waals surface area (Å²) in [5.41, 5.74) is -0.0783. The minimum absolute atomic E-state index is 0.0783. The minimum Gasteiger partial charge on any atom is -0.485 e. The molecule has 0 aliphatic carbocycles. The summed E-state index contributed by atoms with van der Waals surface area (Å²) in [7, 11) is 0. The second kappa shape index (κ2) is 6.21. The summed E-state index contributed by atoms with van der Waals surface area (Å²) in [5, 5.41) is 10.9. The molecule has 7 heteroatoms. The van der Waals surface area contributed by atoms with E-state index in [-0.39, 0.29) is 17.0 Å².